The molecular formula is C17H21NOS. The van der Waals surface area contributed by atoms with Crippen LogP contribution in [0.2, 0.25) is 0 Å². The third-order valence-corrected chi connectivity index (χ3v) is 4.26. The molecule has 0 amide bonds. The molecular weight excluding hydrogens is 266 g/mol. The van der Waals surface area contributed by atoms with Crippen LogP contribution in [0.4, 0.5) is 5.69 Å². The smallest absolute Gasteiger partial charge is 0.122 e. The van der Waals surface area contributed by atoms with Gasteiger partial charge in [0.2, 0.25) is 0 Å². The number of hydrogen-bond acceptors (Lipinski definition) is 3. The lowest BCUT2D eigenvalue weighted by molar-refractivity contribution is 0.341. The molecule has 0 heterocycles. The highest BCUT2D eigenvalue weighted by Crippen LogP contribution is 2.27. The average molecular weight is 287 g/mol. The van der Waals surface area contributed by atoms with Crippen LogP contribution in [0.3, 0.4) is 0 Å². The molecule has 2 aromatic carbocycles. The second kappa shape index (κ2) is 6.71. The van der Waals surface area contributed by atoms with Crippen molar-refractivity contribution in [2.24, 2.45) is 0 Å². The Kier molecular flexibility index (Phi) is 4.96. The van der Waals surface area contributed by atoms with Crippen molar-refractivity contribution in [3.05, 3.63) is 53.1 Å². The Balaban J connectivity index is 1.88. The van der Waals surface area contributed by atoms with Gasteiger partial charge in [-0.1, -0.05) is 24.3 Å². The summed E-state index contributed by atoms with van der Waals surface area (Å²) in [7, 11) is 0. The third-order valence-electron chi connectivity index (χ3n) is 3.23. The van der Waals surface area contributed by atoms with E-state index >= 15 is 0 Å². The standard InChI is InChI=1S/C17H21NOS/c1-12-7-8-13(2)15(11-12)19-9-10-20-16-6-4-5-14(3)17(16)18/h4-8,11H,9-10,18H2,1-3H3. The molecule has 0 saturated carbocycles. The minimum atomic E-state index is 0.683. The Morgan fingerprint density at radius 3 is 2.65 bits per heavy atom. The summed E-state index contributed by atoms with van der Waals surface area (Å²) >= 11 is 1.74. The second-order valence-corrected chi connectivity index (χ2v) is 6.09. The van der Waals surface area contributed by atoms with Crippen molar-refractivity contribution in [2.75, 3.05) is 18.1 Å². The number of ether oxygens (including phenoxy) is 1. The van der Waals surface area contributed by atoms with Crippen LogP contribution >= 0.6 is 11.8 Å². The first-order valence-corrected chi connectivity index (χ1v) is 7.74. The fourth-order valence-electron chi connectivity index (χ4n) is 1.95. The van der Waals surface area contributed by atoms with Crippen LogP contribution in [0, 0.1) is 20.8 Å². The molecule has 3 heteroatoms. The van der Waals surface area contributed by atoms with Gasteiger partial charge in [0.15, 0.2) is 0 Å². The molecule has 0 atom stereocenters. The molecule has 0 aromatic heterocycles. The number of anilines is 1. The minimum Gasteiger partial charge on any atom is -0.492 e. The van der Waals surface area contributed by atoms with E-state index in [0.717, 1.165) is 27.6 Å². The number of nitrogens with two attached hydrogens (primary N) is 1. The van der Waals surface area contributed by atoms with E-state index in [1.807, 2.05) is 19.1 Å². The normalized spacial score (nSPS) is 10.6. The summed E-state index contributed by atoms with van der Waals surface area (Å²) in [6, 6.07) is 12.4. The van der Waals surface area contributed by atoms with Crippen LogP contribution in [-0.4, -0.2) is 12.4 Å². The van der Waals surface area contributed by atoms with Gasteiger partial charge in [-0.2, -0.15) is 0 Å². The summed E-state index contributed by atoms with van der Waals surface area (Å²) in [5.41, 5.74) is 10.5. The van der Waals surface area contributed by atoms with Crippen LogP contribution in [-0.2, 0) is 0 Å². The molecule has 20 heavy (non-hydrogen) atoms. The molecule has 2 N–H and O–H groups in total. The number of benzene rings is 2. The van der Waals surface area contributed by atoms with Gasteiger partial charge >= 0.3 is 0 Å². The summed E-state index contributed by atoms with van der Waals surface area (Å²) in [6.07, 6.45) is 0. The molecule has 0 fully saturated rings. The molecule has 0 radical (unpaired) electrons. The largest absolute Gasteiger partial charge is 0.492 e. The van der Waals surface area contributed by atoms with Gasteiger partial charge in [-0.05, 0) is 49.6 Å². The minimum absolute atomic E-state index is 0.683. The topological polar surface area (TPSA) is 35.2 Å². The van der Waals surface area contributed by atoms with E-state index in [0.29, 0.717) is 6.61 Å². The fourth-order valence-corrected chi connectivity index (χ4v) is 2.82. The molecule has 0 aliphatic rings. The second-order valence-electron chi connectivity index (χ2n) is 4.95. The number of para-hydroxylation sites is 1. The zero-order valence-corrected chi connectivity index (χ0v) is 13.1. The fraction of sp³-hybridized carbons (Fsp3) is 0.294. The van der Waals surface area contributed by atoms with E-state index in [4.69, 9.17) is 10.5 Å². The molecule has 0 aliphatic carbocycles. The summed E-state index contributed by atoms with van der Waals surface area (Å²) in [4.78, 5) is 1.13. The zero-order chi connectivity index (χ0) is 14.5. The summed E-state index contributed by atoms with van der Waals surface area (Å²) in [5.74, 6) is 1.86. The lowest BCUT2D eigenvalue weighted by Gasteiger charge is -2.11. The van der Waals surface area contributed by atoms with E-state index in [1.54, 1.807) is 11.8 Å². The van der Waals surface area contributed by atoms with Crippen LogP contribution in [0.1, 0.15) is 16.7 Å². The van der Waals surface area contributed by atoms with Gasteiger partial charge < -0.3 is 10.5 Å². The summed E-state index contributed by atoms with van der Waals surface area (Å²) in [6.45, 7) is 6.86. The van der Waals surface area contributed by atoms with Gasteiger partial charge in [0, 0.05) is 16.3 Å². The van der Waals surface area contributed by atoms with Crippen LogP contribution in [0.5, 0.6) is 5.75 Å². The van der Waals surface area contributed by atoms with Gasteiger partial charge in [0.25, 0.3) is 0 Å². The van der Waals surface area contributed by atoms with E-state index in [9.17, 15) is 0 Å². The van der Waals surface area contributed by atoms with Crippen LogP contribution in [0.15, 0.2) is 41.3 Å². The van der Waals surface area contributed by atoms with Gasteiger partial charge in [0.05, 0.1) is 6.61 Å². The lowest BCUT2D eigenvalue weighted by Crippen LogP contribution is -2.02. The number of hydrogen-bond donors (Lipinski definition) is 1. The Morgan fingerprint density at radius 1 is 1.05 bits per heavy atom. The highest BCUT2D eigenvalue weighted by Gasteiger charge is 2.03. The summed E-state index contributed by atoms with van der Waals surface area (Å²) < 4.78 is 5.85. The van der Waals surface area contributed by atoms with Gasteiger partial charge in [-0.25, -0.2) is 0 Å². The maximum Gasteiger partial charge on any atom is 0.122 e. The molecule has 0 unspecified atom stereocenters. The lowest BCUT2D eigenvalue weighted by atomic mass is 10.1. The van der Waals surface area contributed by atoms with Gasteiger partial charge in [-0.3, -0.25) is 0 Å². The predicted molar refractivity (Wildman–Crippen MR) is 87.7 cm³/mol. The van der Waals surface area contributed by atoms with E-state index in [1.165, 1.54) is 11.1 Å². The highest BCUT2D eigenvalue weighted by atomic mass is 32.2. The SMILES string of the molecule is Cc1ccc(C)c(OCCSc2cccc(C)c2N)c1. The molecule has 0 saturated heterocycles. The van der Waals surface area contributed by atoms with Crippen molar-refractivity contribution in [1.82, 2.24) is 0 Å². The maximum atomic E-state index is 6.06. The van der Waals surface area contributed by atoms with Crippen molar-refractivity contribution in [2.45, 2.75) is 25.7 Å². The van der Waals surface area contributed by atoms with Crippen molar-refractivity contribution < 1.29 is 4.74 Å². The number of rotatable bonds is 5. The first-order valence-electron chi connectivity index (χ1n) is 6.76. The quantitative estimate of drug-likeness (QED) is 0.504. The molecule has 0 spiro atoms. The first kappa shape index (κ1) is 14.8. The third kappa shape index (κ3) is 3.70. The van der Waals surface area contributed by atoms with Crippen LogP contribution < -0.4 is 10.5 Å². The first-order chi connectivity index (χ1) is 9.58. The molecule has 2 aromatic rings. The van der Waals surface area contributed by atoms with E-state index < -0.39 is 0 Å². The Labute approximate surface area is 125 Å². The van der Waals surface area contributed by atoms with Gasteiger partial charge in [0.1, 0.15) is 5.75 Å². The van der Waals surface area contributed by atoms with Crippen molar-refractivity contribution in [3.8, 4) is 5.75 Å². The highest BCUT2D eigenvalue weighted by molar-refractivity contribution is 7.99. The van der Waals surface area contributed by atoms with Crippen molar-refractivity contribution >= 4 is 17.4 Å². The van der Waals surface area contributed by atoms with E-state index in [-0.39, 0.29) is 0 Å². The monoisotopic (exact) mass is 287 g/mol. The Morgan fingerprint density at radius 2 is 1.85 bits per heavy atom. The van der Waals surface area contributed by atoms with Crippen molar-refractivity contribution in [3.63, 3.8) is 0 Å². The maximum absolute atomic E-state index is 6.06. The molecule has 2 rings (SSSR count). The Bertz CT molecular complexity index is 592. The number of nitrogen functional groups attached to an aromatic ring is 1. The number of thioether (sulfide) groups is 1. The predicted octanol–water partition coefficient (Wildman–Crippen LogP) is 4.37. The summed E-state index contributed by atoms with van der Waals surface area (Å²) in [5, 5.41) is 0. The van der Waals surface area contributed by atoms with Gasteiger partial charge in [-0.15, -0.1) is 11.8 Å². The molecule has 106 valence electrons. The Hall–Kier alpha value is -1.61. The van der Waals surface area contributed by atoms with E-state index in [2.05, 4.69) is 38.1 Å². The molecule has 0 aliphatic heterocycles. The molecule has 2 nitrogen and oxygen atoms in total. The van der Waals surface area contributed by atoms with Crippen LogP contribution in [0.25, 0.3) is 0 Å². The average Bonchev–Trinajstić information content (AvgIpc) is 2.43. The number of aryl methyl sites for hydroxylation is 3. The zero-order valence-electron chi connectivity index (χ0n) is 12.3. The van der Waals surface area contributed by atoms with Crippen molar-refractivity contribution in [1.29, 1.82) is 0 Å². The molecule has 0 bridgehead atoms.